The summed E-state index contributed by atoms with van der Waals surface area (Å²) in [5.74, 6) is -0.395. The van der Waals surface area contributed by atoms with Gasteiger partial charge in [-0.2, -0.15) is 0 Å². The lowest BCUT2D eigenvalue weighted by Gasteiger charge is -2.33. The van der Waals surface area contributed by atoms with Crippen LogP contribution >= 0.6 is 0 Å². The number of carbonyl (C=O) groups is 1. The molecule has 0 saturated carbocycles. The lowest BCUT2D eigenvalue weighted by molar-refractivity contribution is -0.144. The number of allylic oxidation sites excluding steroid dienone is 4. The van der Waals surface area contributed by atoms with Crippen LogP contribution in [0.1, 0.15) is 11.1 Å². The van der Waals surface area contributed by atoms with E-state index >= 15 is 0 Å². The minimum Gasteiger partial charge on any atom is -0.445 e. The van der Waals surface area contributed by atoms with Crippen molar-refractivity contribution in [3.05, 3.63) is 108 Å². The fraction of sp³-hybridized carbons (Fsp3) is 0.0952. The van der Waals surface area contributed by atoms with Gasteiger partial charge in [0.05, 0.1) is 5.92 Å². The molecule has 2 nitrogen and oxygen atoms in total. The largest absolute Gasteiger partial charge is 0.445 e. The second kappa shape index (κ2) is 5.40. The molecule has 0 spiro atoms. The number of benzene rings is 2. The zero-order valence-corrected chi connectivity index (χ0v) is 12.6. The SMILES string of the molecule is O=C1OC(c2ccccc2)(c2ccccc2)C2C=CC=CC=C12. The molecule has 1 aliphatic heterocycles. The van der Waals surface area contributed by atoms with Crippen molar-refractivity contribution in [1.29, 1.82) is 0 Å². The van der Waals surface area contributed by atoms with Gasteiger partial charge < -0.3 is 4.74 Å². The summed E-state index contributed by atoms with van der Waals surface area (Å²) in [6.45, 7) is 0. The third-order valence-corrected chi connectivity index (χ3v) is 4.47. The van der Waals surface area contributed by atoms with E-state index in [4.69, 9.17) is 4.74 Å². The monoisotopic (exact) mass is 300 g/mol. The van der Waals surface area contributed by atoms with Crippen molar-refractivity contribution in [3.63, 3.8) is 0 Å². The molecule has 0 aromatic heterocycles. The molecule has 1 atom stereocenters. The lowest BCUT2D eigenvalue weighted by Crippen LogP contribution is -2.33. The Morgan fingerprint density at radius 1 is 0.783 bits per heavy atom. The molecule has 23 heavy (non-hydrogen) atoms. The molecule has 1 heterocycles. The Morgan fingerprint density at radius 2 is 1.39 bits per heavy atom. The van der Waals surface area contributed by atoms with E-state index in [9.17, 15) is 4.79 Å². The number of rotatable bonds is 2. The molecule has 0 N–H and O–H groups in total. The number of hydrogen-bond acceptors (Lipinski definition) is 2. The number of fused-ring (bicyclic) bond motifs is 1. The van der Waals surface area contributed by atoms with Gasteiger partial charge in [0.2, 0.25) is 0 Å². The number of esters is 1. The molecule has 2 aliphatic rings. The first-order valence-electron chi connectivity index (χ1n) is 7.72. The molecule has 0 bridgehead atoms. The van der Waals surface area contributed by atoms with Crippen LogP contribution in [0, 0.1) is 5.92 Å². The highest BCUT2D eigenvalue weighted by Gasteiger charge is 2.53. The molecule has 1 aliphatic carbocycles. The molecule has 1 unspecified atom stereocenters. The minimum absolute atomic E-state index is 0.144. The normalized spacial score (nSPS) is 21.3. The van der Waals surface area contributed by atoms with Crippen LogP contribution in [0.15, 0.2) is 96.6 Å². The molecule has 2 heteroatoms. The van der Waals surface area contributed by atoms with E-state index in [1.807, 2.05) is 85.0 Å². The summed E-state index contributed by atoms with van der Waals surface area (Å²) in [5.41, 5.74) is 1.86. The summed E-state index contributed by atoms with van der Waals surface area (Å²) in [7, 11) is 0. The summed E-state index contributed by atoms with van der Waals surface area (Å²) >= 11 is 0. The highest BCUT2D eigenvalue weighted by molar-refractivity contribution is 5.94. The Hall–Kier alpha value is -2.87. The molecule has 0 radical (unpaired) electrons. The molecule has 0 amide bonds. The third kappa shape index (κ3) is 2.07. The summed E-state index contributed by atoms with van der Waals surface area (Å²) in [5, 5.41) is 0. The summed E-state index contributed by atoms with van der Waals surface area (Å²) in [6.07, 6.45) is 9.73. The van der Waals surface area contributed by atoms with Gasteiger partial charge in [0.15, 0.2) is 5.60 Å². The summed E-state index contributed by atoms with van der Waals surface area (Å²) in [6, 6.07) is 20.0. The predicted molar refractivity (Wildman–Crippen MR) is 89.6 cm³/mol. The van der Waals surface area contributed by atoms with Gasteiger partial charge in [-0.25, -0.2) is 4.79 Å². The van der Waals surface area contributed by atoms with Crippen molar-refractivity contribution in [2.75, 3.05) is 0 Å². The van der Waals surface area contributed by atoms with E-state index in [-0.39, 0.29) is 11.9 Å². The van der Waals surface area contributed by atoms with Crippen molar-refractivity contribution in [2.24, 2.45) is 5.92 Å². The zero-order valence-electron chi connectivity index (χ0n) is 12.6. The third-order valence-electron chi connectivity index (χ3n) is 4.47. The maximum Gasteiger partial charge on any atom is 0.336 e. The van der Waals surface area contributed by atoms with Crippen molar-refractivity contribution >= 4 is 5.97 Å². The second-order valence-electron chi connectivity index (χ2n) is 5.73. The Bertz CT molecular complexity index is 774. The van der Waals surface area contributed by atoms with Crippen LogP contribution < -0.4 is 0 Å². The van der Waals surface area contributed by atoms with Gasteiger partial charge >= 0.3 is 5.97 Å². The van der Waals surface area contributed by atoms with Gasteiger partial charge in [0.1, 0.15) is 0 Å². The maximum atomic E-state index is 12.6. The van der Waals surface area contributed by atoms with E-state index in [1.54, 1.807) is 0 Å². The minimum atomic E-state index is -0.812. The van der Waals surface area contributed by atoms with Crippen LogP contribution in [0.4, 0.5) is 0 Å². The van der Waals surface area contributed by atoms with Gasteiger partial charge in [-0.05, 0) is 0 Å². The molecule has 2 aromatic rings. The highest BCUT2D eigenvalue weighted by Crippen LogP contribution is 2.50. The van der Waals surface area contributed by atoms with Crippen LogP contribution in [-0.4, -0.2) is 5.97 Å². The quantitative estimate of drug-likeness (QED) is 0.779. The summed E-state index contributed by atoms with van der Waals surface area (Å²) < 4.78 is 6.03. The maximum absolute atomic E-state index is 12.6. The van der Waals surface area contributed by atoms with E-state index in [0.29, 0.717) is 5.57 Å². The Kier molecular flexibility index (Phi) is 3.23. The van der Waals surface area contributed by atoms with Gasteiger partial charge in [-0.1, -0.05) is 91.0 Å². The molecule has 1 saturated heterocycles. The average Bonchev–Trinajstić information content (AvgIpc) is 2.78. The number of ether oxygens (including phenoxy) is 1. The zero-order chi connectivity index (χ0) is 15.7. The second-order valence-corrected chi connectivity index (χ2v) is 5.73. The van der Waals surface area contributed by atoms with Crippen molar-refractivity contribution < 1.29 is 9.53 Å². The first-order chi connectivity index (χ1) is 11.3. The van der Waals surface area contributed by atoms with Crippen LogP contribution in [0.2, 0.25) is 0 Å². The molecular weight excluding hydrogens is 284 g/mol. The van der Waals surface area contributed by atoms with E-state index < -0.39 is 5.60 Å². The molecule has 4 rings (SSSR count). The van der Waals surface area contributed by atoms with Crippen LogP contribution in [0.3, 0.4) is 0 Å². The van der Waals surface area contributed by atoms with Gasteiger partial charge in [0.25, 0.3) is 0 Å². The number of cyclic esters (lactones) is 1. The predicted octanol–water partition coefficient (Wildman–Crippen LogP) is 4.16. The Balaban J connectivity index is 2.00. The van der Waals surface area contributed by atoms with E-state index in [2.05, 4.69) is 6.08 Å². The Morgan fingerprint density at radius 3 is 2.00 bits per heavy atom. The highest BCUT2D eigenvalue weighted by atomic mass is 16.6. The number of carbonyl (C=O) groups excluding carboxylic acids is 1. The Labute approximate surface area is 135 Å². The van der Waals surface area contributed by atoms with Gasteiger partial charge in [0, 0.05) is 16.7 Å². The smallest absolute Gasteiger partial charge is 0.336 e. The van der Waals surface area contributed by atoms with Crippen molar-refractivity contribution in [1.82, 2.24) is 0 Å². The van der Waals surface area contributed by atoms with Gasteiger partial charge in [-0.15, -0.1) is 0 Å². The molecule has 1 fully saturated rings. The molecule has 2 aromatic carbocycles. The van der Waals surface area contributed by atoms with E-state index in [1.165, 1.54) is 0 Å². The van der Waals surface area contributed by atoms with Crippen LogP contribution in [0.5, 0.6) is 0 Å². The fourth-order valence-corrected chi connectivity index (χ4v) is 3.44. The van der Waals surface area contributed by atoms with Gasteiger partial charge in [-0.3, -0.25) is 0 Å². The molecule has 112 valence electrons. The number of hydrogen-bond donors (Lipinski definition) is 0. The first-order valence-corrected chi connectivity index (χ1v) is 7.72. The first kappa shape index (κ1) is 13.8. The standard InChI is InChI=1S/C21H16O2/c22-20-18-14-8-3-9-15-19(18)21(23-20,16-10-4-1-5-11-16)17-12-6-2-7-13-17/h1-15,19H. The molecular formula is C21H16O2. The van der Waals surface area contributed by atoms with Crippen LogP contribution in [0.25, 0.3) is 0 Å². The van der Waals surface area contributed by atoms with Crippen molar-refractivity contribution in [2.45, 2.75) is 5.60 Å². The fourth-order valence-electron chi connectivity index (χ4n) is 3.44. The lowest BCUT2D eigenvalue weighted by atomic mass is 9.74. The topological polar surface area (TPSA) is 26.3 Å². The average molecular weight is 300 g/mol. The van der Waals surface area contributed by atoms with Crippen LogP contribution in [-0.2, 0) is 15.1 Å². The summed E-state index contributed by atoms with van der Waals surface area (Å²) in [4.78, 5) is 12.6. The van der Waals surface area contributed by atoms with E-state index in [0.717, 1.165) is 11.1 Å². The van der Waals surface area contributed by atoms with Crippen molar-refractivity contribution in [3.8, 4) is 0 Å².